The van der Waals surface area contributed by atoms with Crippen LogP contribution in [0.2, 0.25) is 0 Å². The number of amides is 2. The number of hydrogen-bond acceptors (Lipinski definition) is 7. The van der Waals surface area contributed by atoms with Crippen LogP contribution in [0.1, 0.15) is 16.1 Å². The number of sulfonamides is 1. The predicted octanol–water partition coefficient (Wildman–Crippen LogP) is 0.824. The number of nitrogens with one attached hydrogen (secondary N) is 2. The lowest BCUT2D eigenvalue weighted by Crippen LogP contribution is -2.50. The van der Waals surface area contributed by atoms with Crippen LogP contribution in [0.3, 0.4) is 0 Å². The molecule has 1 aliphatic heterocycles. The molecule has 0 aliphatic carbocycles. The molecule has 0 atom stereocenters. The first kappa shape index (κ1) is 24.9. The monoisotopic (exact) mass is 477 g/mol. The van der Waals surface area contributed by atoms with Crippen molar-refractivity contribution in [3.8, 4) is 0 Å². The Morgan fingerprint density at radius 2 is 1.79 bits per heavy atom. The third kappa shape index (κ3) is 6.64. The Balaban J connectivity index is 1.43. The van der Waals surface area contributed by atoms with Crippen LogP contribution in [0.5, 0.6) is 0 Å². The van der Waals surface area contributed by atoms with Crippen molar-refractivity contribution in [3.05, 3.63) is 47.9 Å². The molecule has 2 amide bonds. The Labute approximate surface area is 194 Å². The lowest BCUT2D eigenvalue weighted by atomic mass is 10.2. The van der Waals surface area contributed by atoms with Crippen LogP contribution in [0.25, 0.3) is 0 Å². The molecule has 0 unspecified atom stereocenters. The maximum absolute atomic E-state index is 12.5. The standard InChI is InChI=1S/C22H31N5O5S/c1-17-6-7-18(15-20(17)33(30,31)25(2)3)24-21(28)16-27-12-10-26(11-13-27)9-8-23-22(29)19-5-4-14-32-19/h4-7,14-15H,8-13,16H2,1-3H3,(H,23,29)(H,24,28). The zero-order valence-corrected chi connectivity index (χ0v) is 20.0. The van der Waals surface area contributed by atoms with Crippen LogP contribution in [0, 0.1) is 6.92 Å². The van der Waals surface area contributed by atoms with E-state index in [2.05, 4.69) is 20.4 Å². The van der Waals surface area contributed by atoms with Crippen molar-refractivity contribution in [2.45, 2.75) is 11.8 Å². The second kappa shape index (κ2) is 10.9. The van der Waals surface area contributed by atoms with Crippen molar-refractivity contribution in [1.82, 2.24) is 19.4 Å². The fourth-order valence-electron chi connectivity index (χ4n) is 3.55. The van der Waals surface area contributed by atoms with Gasteiger partial charge in [0.25, 0.3) is 5.91 Å². The van der Waals surface area contributed by atoms with Gasteiger partial charge in [0.05, 0.1) is 17.7 Å². The van der Waals surface area contributed by atoms with E-state index in [1.807, 2.05) is 0 Å². The van der Waals surface area contributed by atoms with Crippen LogP contribution >= 0.6 is 0 Å². The fraction of sp³-hybridized carbons (Fsp3) is 0.455. The SMILES string of the molecule is Cc1ccc(NC(=O)CN2CCN(CCNC(=O)c3ccco3)CC2)cc1S(=O)(=O)N(C)C. The van der Waals surface area contributed by atoms with Crippen molar-refractivity contribution in [3.63, 3.8) is 0 Å². The molecular formula is C22H31N5O5S. The number of carbonyl (C=O) groups excluding carboxylic acids is 2. The molecule has 1 aromatic heterocycles. The summed E-state index contributed by atoms with van der Waals surface area (Å²) in [5.74, 6) is -0.120. The lowest BCUT2D eigenvalue weighted by molar-refractivity contribution is -0.117. The van der Waals surface area contributed by atoms with Crippen LogP contribution in [0.4, 0.5) is 5.69 Å². The van der Waals surface area contributed by atoms with Gasteiger partial charge in [0, 0.05) is 59.1 Å². The summed E-state index contributed by atoms with van der Waals surface area (Å²) in [7, 11) is -0.633. The van der Waals surface area contributed by atoms with E-state index in [0.717, 1.165) is 37.0 Å². The third-order valence-electron chi connectivity index (χ3n) is 5.52. The Morgan fingerprint density at radius 3 is 2.42 bits per heavy atom. The van der Waals surface area contributed by atoms with Gasteiger partial charge in [-0.3, -0.25) is 19.4 Å². The van der Waals surface area contributed by atoms with E-state index in [9.17, 15) is 18.0 Å². The molecule has 10 nitrogen and oxygen atoms in total. The minimum Gasteiger partial charge on any atom is -0.459 e. The normalized spacial score (nSPS) is 15.5. The minimum absolute atomic E-state index is 0.179. The molecule has 3 rings (SSSR count). The van der Waals surface area contributed by atoms with E-state index in [-0.39, 0.29) is 23.3 Å². The number of rotatable bonds is 9. The van der Waals surface area contributed by atoms with Gasteiger partial charge in [0.2, 0.25) is 15.9 Å². The number of carbonyl (C=O) groups is 2. The molecule has 11 heteroatoms. The fourth-order valence-corrected chi connectivity index (χ4v) is 4.69. The van der Waals surface area contributed by atoms with E-state index < -0.39 is 10.0 Å². The molecule has 0 bridgehead atoms. The van der Waals surface area contributed by atoms with Crippen LogP contribution in [-0.4, -0.2) is 94.2 Å². The average molecular weight is 478 g/mol. The summed E-state index contributed by atoms with van der Waals surface area (Å²) in [6.45, 7) is 6.24. The molecule has 1 saturated heterocycles. The minimum atomic E-state index is -3.59. The number of furan rings is 1. The maximum Gasteiger partial charge on any atom is 0.287 e. The molecule has 2 aromatic rings. The third-order valence-corrected chi connectivity index (χ3v) is 7.48. The Morgan fingerprint density at radius 1 is 1.09 bits per heavy atom. The van der Waals surface area contributed by atoms with Gasteiger partial charge in [-0.15, -0.1) is 0 Å². The van der Waals surface area contributed by atoms with Gasteiger partial charge < -0.3 is 15.1 Å². The number of hydrogen-bond donors (Lipinski definition) is 2. The number of aryl methyl sites for hydroxylation is 1. The van der Waals surface area contributed by atoms with E-state index >= 15 is 0 Å². The van der Waals surface area contributed by atoms with Crippen LogP contribution in [0.15, 0.2) is 45.9 Å². The van der Waals surface area contributed by atoms with Crippen molar-refractivity contribution >= 4 is 27.5 Å². The highest BCUT2D eigenvalue weighted by atomic mass is 32.2. The summed E-state index contributed by atoms with van der Waals surface area (Å²) in [5.41, 5.74) is 1.08. The van der Waals surface area contributed by atoms with E-state index in [0.29, 0.717) is 23.6 Å². The first-order valence-electron chi connectivity index (χ1n) is 10.8. The van der Waals surface area contributed by atoms with Gasteiger partial charge in [-0.2, -0.15) is 0 Å². The molecule has 33 heavy (non-hydrogen) atoms. The summed E-state index contributed by atoms with van der Waals surface area (Å²) in [5, 5.41) is 5.64. The van der Waals surface area contributed by atoms with Gasteiger partial charge in [0.15, 0.2) is 5.76 Å². The summed E-state index contributed by atoms with van der Waals surface area (Å²) in [6, 6.07) is 8.19. The Bertz CT molecular complexity index is 1060. The zero-order chi connectivity index (χ0) is 24.0. The maximum atomic E-state index is 12.5. The quantitative estimate of drug-likeness (QED) is 0.550. The Kier molecular flexibility index (Phi) is 8.25. The largest absolute Gasteiger partial charge is 0.459 e. The number of anilines is 1. The second-order valence-electron chi connectivity index (χ2n) is 8.17. The molecule has 0 saturated carbocycles. The molecular weight excluding hydrogens is 446 g/mol. The molecule has 1 fully saturated rings. The smallest absolute Gasteiger partial charge is 0.287 e. The zero-order valence-electron chi connectivity index (χ0n) is 19.2. The van der Waals surface area contributed by atoms with Gasteiger partial charge >= 0.3 is 0 Å². The summed E-state index contributed by atoms with van der Waals surface area (Å²) >= 11 is 0. The summed E-state index contributed by atoms with van der Waals surface area (Å²) in [6.07, 6.45) is 1.47. The van der Waals surface area contributed by atoms with Crippen molar-refractivity contribution < 1.29 is 22.4 Å². The molecule has 0 spiro atoms. The van der Waals surface area contributed by atoms with Gasteiger partial charge in [0.1, 0.15) is 0 Å². The van der Waals surface area contributed by atoms with Crippen LogP contribution in [-0.2, 0) is 14.8 Å². The molecule has 180 valence electrons. The number of benzene rings is 1. The van der Waals surface area contributed by atoms with Crippen molar-refractivity contribution in [2.75, 3.05) is 65.2 Å². The van der Waals surface area contributed by atoms with Crippen LogP contribution < -0.4 is 10.6 Å². The van der Waals surface area contributed by atoms with Gasteiger partial charge in [-0.05, 0) is 36.8 Å². The molecule has 2 N–H and O–H groups in total. The van der Waals surface area contributed by atoms with E-state index in [1.54, 1.807) is 31.2 Å². The molecule has 1 aliphatic rings. The molecule has 1 aromatic carbocycles. The number of nitrogens with zero attached hydrogens (tertiary/aromatic N) is 3. The average Bonchev–Trinajstić information content (AvgIpc) is 3.31. The summed E-state index contributed by atoms with van der Waals surface area (Å²) in [4.78, 5) is 28.9. The first-order chi connectivity index (χ1) is 15.7. The second-order valence-corrected chi connectivity index (χ2v) is 10.3. The number of piperazine rings is 1. The summed E-state index contributed by atoms with van der Waals surface area (Å²) < 4.78 is 31.2. The van der Waals surface area contributed by atoms with Crippen molar-refractivity contribution in [1.29, 1.82) is 0 Å². The highest BCUT2D eigenvalue weighted by Gasteiger charge is 2.22. The van der Waals surface area contributed by atoms with E-state index in [4.69, 9.17) is 4.42 Å². The molecule has 0 radical (unpaired) electrons. The highest BCUT2D eigenvalue weighted by Crippen LogP contribution is 2.22. The van der Waals surface area contributed by atoms with Gasteiger partial charge in [-0.1, -0.05) is 6.07 Å². The topological polar surface area (TPSA) is 115 Å². The predicted molar refractivity (Wildman–Crippen MR) is 125 cm³/mol. The van der Waals surface area contributed by atoms with Crippen molar-refractivity contribution in [2.24, 2.45) is 0 Å². The lowest BCUT2D eigenvalue weighted by Gasteiger charge is -2.34. The first-order valence-corrected chi connectivity index (χ1v) is 12.2. The highest BCUT2D eigenvalue weighted by molar-refractivity contribution is 7.89. The van der Waals surface area contributed by atoms with Gasteiger partial charge in [-0.25, -0.2) is 12.7 Å². The molecule has 2 heterocycles. The Hall–Kier alpha value is -2.73. The van der Waals surface area contributed by atoms with E-state index in [1.165, 1.54) is 26.4 Å².